The van der Waals surface area contributed by atoms with Crippen LogP contribution in [0, 0.1) is 5.92 Å². The van der Waals surface area contributed by atoms with Crippen molar-refractivity contribution < 1.29 is 39.0 Å². The second kappa shape index (κ2) is 13.6. The second-order valence-electron chi connectivity index (χ2n) is 8.18. The molecule has 0 fully saturated rings. The van der Waals surface area contributed by atoms with Gasteiger partial charge in [-0.05, 0) is 12.3 Å². The lowest BCUT2D eigenvalue weighted by molar-refractivity contribution is -0.142. The average Bonchev–Trinajstić information content (AvgIpc) is 3.27. The fourth-order valence-corrected chi connectivity index (χ4v) is 2.88. The quantitative estimate of drug-likeness (QED) is 0.123. The molecule has 0 radical (unpaired) electrons. The van der Waals surface area contributed by atoms with E-state index in [0.29, 0.717) is 5.69 Å². The van der Waals surface area contributed by atoms with Crippen molar-refractivity contribution in [3.63, 3.8) is 0 Å². The number of carbonyl (C=O) groups excluding carboxylic acids is 4. The highest BCUT2D eigenvalue weighted by Gasteiger charge is 2.32. The zero-order chi connectivity index (χ0) is 26.7. The fourth-order valence-electron chi connectivity index (χ4n) is 2.88. The first kappa shape index (κ1) is 29.0. The molecule has 0 aliphatic heterocycles. The van der Waals surface area contributed by atoms with Crippen molar-refractivity contribution in [1.29, 1.82) is 0 Å². The number of carboxylic acids is 2. The summed E-state index contributed by atoms with van der Waals surface area (Å²) in [4.78, 5) is 78.4. The zero-order valence-electron chi connectivity index (χ0n) is 19.3. The van der Waals surface area contributed by atoms with Crippen LogP contribution in [0.4, 0.5) is 0 Å². The molecule has 10 N–H and O–H groups in total. The lowest BCUT2D eigenvalue weighted by Gasteiger charge is -2.25. The lowest BCUT2D eigenvalue weighted by atomic mass is 10.0. The summed E-state index contributed by atoms with van der Waals surface area (Å²) in [5.41, 5.74) is 11.4. The second-order valence-corrected chi connectivity index (χ2v) is 8.18. The van der Waals surface area contributed by atoms with Crippen molar-refractivity contribution in [2.24, 2.45) is 17.4 Å². The maximum absolute atomic E-state index is 12.8. The minimum atomic E-state index is -1.59. The Labute approximate surface area is 200 Å². The Hall–Kier alpha value is -4.01. The number of carboxylic acid groups (broad SMARTS) is 2. The van der Waals surface area contributed by atoms with E-state index in [1.807, 2.05) is 0 Å². The molecule has 1 aromatic heterocycles. The molecule has 0 aromatic carbocycles. The topological polar surface area (TPSA) is 260 Å². The SMILES string of the molecule is CC(C)C(N)C(=O)NC(CCC(=O)O)C(=O)NC(CC(N)=O)C(=O)NC(Cc1cnc[nH]1)C(=O)O. The number of aliphatic carboxylic acids is 2. The molecular formula is C20H31N7O8. The van der Waals surface area contributed by atoms with E-state index in [9.17, 15) is 33.9 Å². The molecule has 0 aliphatic carbocycles. The first-order valence-electron chi connectivity index (χ1n) is 10.7. The smallest absolute Gasteiger partial charge is 0.326 e. The maximum atomic E-state index is 12.8. The van der Waals surface area contributed by atoms with Crippen molar-refractivity contribution >= 4 is 35.6 Å². The number of aromatic amines is 1. The molecule has 0 bridgehead atoms. The summed E-state index contributed by atoms with van der Waals surface area (Å²) in [7, 11) is 0. The van der Waals surface area contributed by atoms with Crippen LogP contribution in [0.5, 0.6) is 0 Å². The minimum Gasteiger partial charge on any atom is -0.481 e. The van der Waals surface area contributed by atoms with Crippen molar-refractivity contribution in [1.82, 2.24) is 25.9 Å². The Morgan fingerprint density at radius 2 is 1.54 bits per heavy atom. The highest BCUT2D eigenvalue weighted by molar-refractivity contribution is 5.96. The summed E-state index contributed by atoms with van der Waals surface area (Å²) in [5.74, 6) is -6.59. The van der Waals surface area contributed by atoms with Gasteiger partial charge in [-0.2, -0.15) is 0 Å². The number of hydrogen-bond acceptors (Lipinski definition) is 8. The summed E-state index contributed by atoms with van der Waals surface area (Å²) in [6.45, 7) is 3.35. The molecule has 0 spiro atoms. The van der Waals surface area contributed by atoms with Crippen LogP contribution in [-0.4, -0.2) is 79.9 Å². The Bertz CT molecular complexity index is 919. The van der Waals surface area contributed by atoms with Crippen LogP contribution in [0.2, 0.25) is 0 Å². The molecular weight excluding hydrogens is 466 g/mol. The monoisotopic (exact) mass is 497 g/mol. The number of nitrogens with two attached hydrogens (primary N) is 2. The van der Waals surface area contributed by atoms with Gasteiger partial charge in [-0.3, -0.25) is 24.0 Å². The number of carbonyl (C=O) groups is 6. The molecule has 4 unspecified atom stereocenters. The largest absolute Gasteiger partial charge is 0.481 e. The van der Waals surface area contributed by atoms with Gasteiger partial charge < -0.3 is 42.6 Å². The Kier molecular flexibility index (Phi) is 11.3. The number of nitrogens with zero attached hydrogens (tertiary/aromatic N) is 1. The van der Waals surface area contributed by atoms with E-state index >= 15 is 0 Å². The Morgan fingerprint density at radius 1 is 0.971 bits per heavy atom. The van der Waals surface area contributed by atoms with Gasteiger partial charge in [0.2, 0.25) is 23.6 Å². The number of H-pyrrole nitrogens is 1. The third kappa shape index (κ3) is 10.2. The summed E-state index contributed by atoms with van der Waals surface area (Å²) in [6.07, 6.45) is 1.01. The number of imidazole rings is 1. The van der Waals surface area contributed by atoms with Crippen LogP contribution in [-0.2, 0) is 35.2 Å². The number of aromatic nitrogens is 2. The zero-order valence-corrected chi connectivity index (χ0v) is 19.3. The van der Waals surface area contributed by atoms with E-state index in [2.05, 4.69) is 25.9 Å². The van der Waals surface area contributed by atoms with E-state index < -0.39 is 72.6 Å². The summed E-state index contributed by atoms with van der Waals surface area (Å²) in [5, 5.41) is 25.2. The third-order valence-electron chi connectivity index (χ3n) is 4.93. The van der Waals surface area contributed by atoms with Crippen LogP contribution >= 0.6 is 0 Å². The number of primary amides is 1. The first-order valence-corrected chi connectivity index (χ1v) is 10.7. The normalized spacial score (nSPS) is 14.3. The van der Waals surface area contributed by atoms with Crippen LogP contribution in [0.1, 0.15) is 38.8 Å². The molecule has 1 heterocycles. The van der Waals surface area contributed by atoms with E-state index in [0.717, 1.165) is 0 Å². The van der Waals surface area contributed by atoms with Gasteiger partial charge in [0.05, 0.1) is 18.8 Å². The van der Waals surface area contributed by atoms with Gasteiger partial charge in [0, 0.05) is 24.7 Å². The highest BCUT2D eigenvalue weighted by atomic mass is 16.4. The van der Waals surface area contributed by atoms with Crippen molar-refractivity contribution in [2.75, 3.05) is 0 Å². The molecule has 1 rings (SSSR count). The van der Waals surface area contributed by atoms with Gasteiger partial charge in [-0.15, -0.1) is 0 Å². The Morgan fingerprint density at radius 3 is 2.03 bits per heavy atom. The van der Waals surface area contributed by atoms with Crippen LogP contribution in [0.25, 0.3) is 0 Å². The average molecular weight is 498 g/mol. The van der Waals surface area contributed by atoms with Gasteiger partial charge >= 0.3 is 11.9 Å². The molecule has 0 aliphatic rings. The number of hydrogen-bond donors (Lipinski definition) is 8. The number of nitrogens with one attached hydrogen (secondary N) is 4. The highest BCUT2D eigenvalue weighted by Crippen LogP contribution is 2.05. The number of amides is 4. The van der Waals surface area contributed by atoms with E-state index in [1.54, 1.807) is 13.8 Å². The van der Waals surface area contributed by atoms with Crippen molar-refractivity contribution in [3.05, 3.63) is 18.2 Å². The van der Waals surface area contributed by atoms with Gasteiger partial charge in [-0.25, -0.2) is 9.78 Å². The van der Waals surface area contributed by atoms with E-state index in [4.69, 9.17) is 16.6 Å². The van der Waals surface area contributed by atoms with Crippen LogP contribution in [0.3, 0.4) is 0 Å². The maximum Gasteiger partial charge on any atom is 0.326 e. The molecule has 194 valence electrons. The number of rotatable bonds is 15. The van der Waals surface area contributed by atoms with Gasteiger partial charge in [0.25, 0.3) is 0 Å². The van der Waals surface area contributed by atoms with Gasteiger partial charge in [-0.1, -0.05) is 13.8 Å². The van der Waals surface area contributed by atoms with Gasteiger partial charge in [0.15, 0.2) is 0 Å². The molecule has 0 saturated carbocycles. The molecule has 4 atom stereocenters. The predicted octanol–water partition coefficient (Wildman–Crippen LogP) is -2.79. The molecule has 0 saturated heterocycles. The van der Waals surface area contributed by atoms with Crippen LogP contribution in [0.15, 0.2) is 12.5 Å². The van der Waals surface area contributed by atoms with Gasteiger partial charge in [0.1, 0.15) is 18.1 Å². The standard InChI is InChI=1S/C20H31N7O8/c1-9(2)16(22)19(33)25-11(3-4-15(29)30)17(31)26-12(6-14(21)28)18(32)27-13(20(34)35)5-10-7-23-8-24-10/h7-9,11-13,16H,3-6,22H2,1-2H3,(H2,21,28)(H,23,24)(H,25,33)(H,26,31)(H,27,32)(H,29,30)(H,34,35). The van der Waals surface area contributed by atoms with Crippen LogP contribution < -0.4 is 27.4 Å². The summed E-state index contributed by atoms with van der Waals surface area (Å²) in [6, 6.07) is -5.40. The van der Waals surface area contributed by atoms with E-state index in [1.165, 1.54) is 12.5 Å². The predicted molar refractivity (Wildman–Crippen MR) is 119 cm³/mol. The molecule has 1 aromatic rings. The Balaban J connectivity index is 3.02. The van der Waals surface area contributed by atoms with Crippen molar-refractivity contribution in [2.45, 2.75) is 63.7 Å². The minimum absolute atomic E-state index is 0.164. The third-order valence-corrected chi connectivity index (χ3v) is 4.93. The molecule has 4 amide bonds. The summed E-state index contributed by atoms with van der Waals surface area (Å²) >= 11 is 0. The molecule has 15 nitrogen and oxygen atoms in total. The lowest BCUT2D eigenvalue weighted by Crippen LogP contribution is -2.58. The van der Waals surface area contributed by atoms with Crippen molar-refractivity contribution in [3.8, 4) is 0 Å². The summed E-state index contributed by atoms with van der Waals surface area (Å²) < 4.78 is 0. The molecule has 35 heavy (non-hydrogen) atoms. The fraction of sp³-hybridized carbons (Fsp3) is 0.550. The molecule has 15 heteroatoms. The van der Waals surface area contributed by atoms with E-state index in [-0.39, 0.29) is 18.8 Å². The first-order chi connectivity index (χ1) is 16.3.